The molecule has 0 bridgehead atoms. The van der Waals surface area contributed by atoms with Crippen LogP contribution in [0.5, 0.6) is 0 Å². The summed E-state index contributed by atoms with van der Waals surface area (Å²) in [5, 5.41) is 4.88. The van der Waals surface area contributed by atoms with E-state index in [0.29, 0.717) is 0 Å². The zero-order chi connectivity index (χ0) is 39.8. The van der Waals surface area contributed by atoms with Crippen molar-refractivity contribution in [2.45, 2.75) is 0 Å². The SMILES string of the molecule is c1ccc(-c2ccccc2-c2cccc(N(c3ccc(-c4ccc5ccccc5c4)c(-c4ccccc4)c3)c3cccc4c3c3ccccc3n4-c3ccccc3)c2)cc1. The fourth-order valence-corrected chi connectivity index (χ4v) is 9.02. The lowest BCUT2D eigenvalue weighted by Gasteiger charge is -2.28. The number of rotatable bonds is 8. The largest absolute Gasteiger partial charge is 0.310 e. The molecular weight excluding hydrogens is 725 g/mol. The molecule has 0 atom stereocenters. The van der Waals surface area contributed by atoms with Crippen LogP contribution in [0.3, 0.4) is 0 Å². The molecule has 0 unspecified atom stereocenters. The highest BCUT2D eigenvalue weighted by atomic mass is 15.1. The van der Waals surface area contributed by atoms with Crippen molar-refractivity contribution in [2.24, 2.45) is 0 Å². The normalized spacial score (nSPS) is 11.3. The summed E-state index contributed by atoms with van der Waals surface area (Å²) in [4.78, 5) is 2.47. The Morgan fingerprint density at radius 3 is 1.63 bits per heavy atom. The molecule has 0 aliphatic heterocycles. The maximum atomic E-state index is 2.47. The summed E-state index contributed by atoms with van der Waals surface area (Å²) in [5.74, 6) is 0. The molecule has 282 valence electrons. The Kier molecular flexibility index (Phi) is 8.87. The highest BCUT2D eigenvalue weighted by Crippen LogP contribution is 2.47. The first-order chi connectivity index (χ1) is 29.8. The number of nitrogens with zero attached hydrogens (tertiary/aromatic N) is 2. The Hall–Kier alpha value is -7.94. The molecule has 0 amide bonds. The highest BCUT2D eigenvalue weighted by Gasteiger charge is 2.23. The molecule has 0 aliphatic carbocycles. The Morgan fingerprint density at radius 2 is 0.850 bits per heavy atom. The smallest absolute Gasteiger partial charge is 0.0562 e. The van der Waals surface area contributed by atoms with Crippen LogP contribution < -0.4 is 4.90 Å². The third-order valence-electron chi connectivity index (χ3n) is 11.8. The van der Waals surface area contributed by atoms with Crippen LogP contribution in [-0.2, 0) is 0 Å². The van der Waals surface area contributed by atoms with Crippen LogP contribution >= 0.6 is 0 Å². The van der Waals surface area contributed by atoms with Gasteiger partial charge in [0.2, 0.25) is 0 Å². The van der Waals surface area contributed by atoms with Crippen molar-refractivity contribution in [3.63, 3.8) is 0 Å². The molecule has 0 N–H and O–H groups in total. The molecule has 2 nitrogen and oxygen atoms in total. The molecule has 1 aromatic heterocycles. The van der Waals surface area contributed by atoms with Crippen LogP contribution in [0.1, 0.15) is 0 Å². The Balaban J connectivity index is 1.18. The molecule has 1 heterocycles. The predicted octanol–water partition coefficient (Wildman–Crippen LogP) is 16.1. The van der Waals surface area contributed by atoms with Gasteiger partial charge in [0.25, 0.3) is 0 Å². The van der Waals surface area contributed by atoms with Crippen LogP contribution in [-0.4, -0.2) is 4.57 Å². The van der Waals surface area contributed by atoms with Gasteiger partial charge in [0, 0.05) is 27.8 Å². The van der Waals surface area contributed by atoms with Crippen LogP contribution in [0.2, 0.25) is 0 Å². The zero-order valence-corrected chi connectivity index (χ0v) is 33.0. The van der Waals surface area contributed by atoms with Gasteiger partial charge in [-0.05, 0) is 116 Å². The van der Waals surface area contributed by atoms with Crippen LogP contribution in [0.15, 0.2) is 243 Å². The number of hydrogen-bond acceptors (Lipinski definition) is 1. The third kappa shape index (κ3) is 6.23. The van der Waals surface area contributed by atoms with Crippen molar-refractivity contribution in [2.75, 3.05) is 4.90 Å². The summed E-state index contributed by atoms with van der Waals surface area (Å²) in [7, 11) is 0. The van der Waals surface area contributed by atoms with E-state index in [4.69, 9.17) is 0 Å². The number of aromatic nitrogens is 1. The van der Waals surface area contributed by atoms with Gasteiger partial charge in [-0.2, -0.15) is 0 Å². The molecule has 0 fully saturated rings. The molecule has 60 heavy (non-hydrogen) atoms. The first-order valence-electron chi connectivity index (χ1n) is 20.6. The van der Waals surface area contributed by atoms with E-state index in [-0.39, 0.29) is 0 Å². The Labute approximate surface area is 350 Å². The average Bonchev–Trinajstić information content (AvgIpc) is 3.67. The predicted molar refractivity (Wildman–Crippen MR) is 255 cm³/mol. The average molecular weight is 765 g/mol. The number of anilines is 3. The molecule has 10 aromatic carbocycles. The minimum absolute atomic E-state index is 1.08. The summed E-state index contributed by atoms with van der Waals surface area (Å²) in [6.07, 6.45) is 0. The molecule has 0 aliphatic rings. The number of para-hydroxylation sites is 2. The second kappa shape index (κ2) is 15.1. The summed E-state index contributed by atoms with van der Waals surface area (Å²) in [6, 6.07) is 88.0. The maximum absolute atomic E-state index is 2.47. The van der Waals surface area contributed by atoms with Gasteiger partial charge < -0.3 is 9.47 Å². The van der Waals surface area contributed by atoms with E-state index < -0.39 is 0 Å². The van der Waals surface area contributed by atoms with Gasteiger partial charge in [-0.3, -0.25) is 0 Å². The van der Waals surface area contributed by atoms with Crippen molar-refractivity contribution in [3.8, 4) is 50.2 Å². The third-order valence-corrected chi connectivity index (χ3v) is 11.8. The monoisotopic (exact) mass is 764 g/mol. The lowest BCUT2D eigenvalue weighted by atomic mass is 9.92. The molecule has 0 radical (unpaired) electrons. The molecule has 0 spiro atoms. The van der Waals surface area contributed by atoms with Crippen molar-refractivity contribution in [1.29, 1.82) is 0 Å². The Bertz CT molecular complexity index is 3310. The summed E-state index contributed by atoms with van der Waals surface area (Å²) >= 11 is 0. The van der Waals surface area contributed by atoms with Crippen molar-refractivity contribution >= 4 is 49.6 Å². The topological polar surface area (TPSA) is 8.17 Å². The van der Waals surface area contributed by atoms with E-state index in [9.17, 15) is 0 Å². The van der Waals surface area contributed by atoms with E-state index in [0.717, 1.165) is 33.8 Å². The minimum Gasteiger partial charge on any atom is -0.310 e. The molecule has 2 heteroatoms. The Morgan fingerprint density at radius 1 is 0.300 bits per heavy atom. The van der Waals surface area contributed by atoms with E-state index in [2.05, 4.69) is 252 Å². The van der Waals surface area contributed by atoms with E-state index in [1.54, 1.807) is 0 Å². The number of fused-ring (bicyclic) bond motifs is 4. The lowest BCUT2D eigenvalue weighted by Crippen LogP contribution is -2.11. The standard InChI is InChI=1S/C58H40N2/c1-4-19-42(20-5-1)50-28-12-13-29-51(50)45-24-16-27-48(39-45)59(56-32-17-33-57-58(56)53-30-14-15-31-55(53)60(57)47-25-8-3-9-26-47)49-36-37-52(54(40-49)43-21-6-2-7-22-43)46-35-34-41-18-10-11-23-44(41)38-46/h1-40H. The first-order valence-corrected chi connectivity index (χ1v) is 20.6. The lowest BCUT2D eigenvalue weighted by molar-refractivity contribution is 1.18. The van der Waals surface area contributed by atoms with Gasteiger partial charge in [0.15, 0.2) is 0 Å². The van der Waals surface area contributed by atoms with Gasteiger partial charge in [0.1, 0.15) is 0 Å². The van der Waals surface area contributed by atoms with Gasteiger partial charge in [-0.25, -0.2) is 0 Å². The van der Waals surface area contributed by atoms with Gasteiger partial charge in [-0.15, -0.1) is 0 Å². The van der Waals surface area contributed by atoms with Crippen LogP contribution in [0.4, 0.5) is 17.1 Å². The fraction of sp³-hybridized carbons (Fsp3) is 0. The van der Waals surface area contributed by atoms with E-state index >= 15 is 0 Å². The summed E-state index contributed by atoms with van der Waals surface area (Å²) in [5.41, 5.74) is 16.2. The first kappa shape index (κ1) is 35.2. The fourth-order valence-electron chi connectivity index (χ4n) is 9.02. The number of hydrogen-bond donors (Lipinski definition) is 0. The number of benzene rings is 10. The summed E-state index contributed by atoms with van der Waals surface area (Å²) < 4.78 is 2.40. The van der Waals surface area contributed by atoms with Crippen molar-refractivity contribution in [1.82, 2.24) is 4.57 Å². The molecule has 11 rings (SSSR count). The highest BCUT2D eigenvalue weighted by molar-refractivity contribution is 6.16. The molecule has 0 saturated heterocycles. The van der Waals surface area contributed by atoms with Gasteiger partial charge in [-0.1, -0.05) is 182 Å². The van der Waals surface area contributed by atoms with E-state index in [1.165, 1.54) is 66.0 Å². The van der Waals surface area contributed by atoms with Crippen LogP contribution in [0.25, 0.3) is 82.8 Å². The quantitative estimate of drug-likeness (QED) is 0.150. The van der Waals surface area contributed by atoms with Gasteiger partial charge in [0.05, 0.1) is 16.7 Å². The maximum Gasteiger partial charge on any atom is 0.0562 e. The molecular formula is C58H40N2. The molecule has 0 saturated carbocycles. The minimum atomic E-state index is 1.08. The van der Waals surface area contributed by atoms with Crippen molar-refractivity contribution < 1.29 is 0 Å². The summed E-state index contributed by atoms with van der Waals surface area (Å²) in [6.45, 7) is 0. The second-order valence-electron chi connectivity index (χ2n) is 15.3. The zero-order valence-electron chi connectivity index (χ0n) is 33.0. The van der Waals surface area contributed by atoms with Gasteiger partial charge >= 0.3 is 0 Å². The molecule has 11 aromatic rings. The second-order valence-corrected chi connectivity index (χ2v) is 15.3. The van der Waals surface area contributed by atoms with E-state index in [1.807, 2.05) is 0 Å². The van der Waals surface area contributed by atoms with Crippen molar-refractivity contribution in [3.05, 3.63) is 243 Å². The van der Waals surface area contributed by atoms with Crippen LogP contribution in [0, 0.1) is 0 Å².